The molecule has 102 valence electrons. The maximum absolute atomic E-state index is 13.0. The monoisotopic (exact) mass is 281 g/mol. The van der Waals surface area contributed by atoms with Crippen molar-refractivity contribution in [2.75, 3.05) is 6.54 Å². The Labute approximate surface area is 117 Å². The summed E-state index contributed by atoms with van der Waals surface area (Å²) in [6, 6.07) is 4.31. The van der Waals surface area contributed by atoms with Gasteiger partial charge in [0.05, 0.1) is 16.9 Å². The van der Waals surface area contributed by atoms with E-state index in [-0.39, 0.29) is 11.7 Å². The smallest absolute Gasteiger partial charge is 0.124 e. The molecule has 1 heterocycles. The second-order valence-electron chi connectivity index (χ2n) is 4.89. The molecule has 0 aliphatic heterocycles. The number of benzene rings is 1. The lowest BCUT2D eigenvalue weighted by Crippen LogP contribution is -2.19. The number of hydrogen-bond acceptors (Lipinski definition) is 2. The Morgan fingerprint density at radius 2 is 2.16 bits per heavy atom. The normalized spacial score (nSPS) is 12.9. The Morgan fingerprint density at radius 3 is 2.74 bits per heavy atom. The van der Waals surface area contributed by atoms with E-state index in [4.69, 9.17) is 17.3 Å². The highest BCUT2D eigenvalue weighted by atomic mass is 35.5. The third-order valence-corrected chi connectivity index (χ3v) is 3.54. The van der Waals surface area contributed by atoms with Gasteiger partial charge in [-0.1, -0.05) is 25.4 Å². The molecule has 0 aliphatic carbocycles. The Morgan fingerprint density at radius 1 is 1.42 bits per heavy atom. The lowest BCUT2D eigenvalue weighted by atomic mass is 9.95. The maximum atomic E-state index is 13.0. The summed E-state index contributed by atoms with van der Waals surface area (Å²) in [7, 11) is 0. The van der Waals surface area contributed by atoms with E-state index in [0.717, 1.165) is 17.1 Å². The van der Waals surface area contributed by atoms with E-state index in [1.165, 1.54) is 12.1 Å². The molecule has 1 atom stereocenters. The average Bonchev–Trinajstić information content (AvgIpc) is 2.78. The molecule has 0 spiro atoms. The van der Waals surface area contributed by atoms with E-state index >= 15 is 0 Å². The van der Waals surface area contributed by atoms with Gasteiger partial charge in [-0.15, -0.1) is 0 Å². The molecule has 2 rings (SSSR count). The van der Waals surface area contributed by atoms with E-state index in [9.17, 15) is 4.39 Å². The fraction of sp³-hybridized carbons (Fsp3) is 0.357. The van der Waals surface area contributed by atoms with Crippen molar-refractivity contribution in [3.63, 3.8) is 0 Å². The fourth-order valence-electron chi connectivity index (χ4n) is 2.07. The van der Waals surface area contributed by atoms with Crippen molar-refractivity contribution >= 4 is 11.6 Å². The Balaban J connectivity index is 2.35. The van der Waals surface area contributed by atoms with Crippen LogP contribution >= 0.6 is 11.6 Å². The van der Waals surface area contributed by atoms with Crippen molar-refractivity contribution < 1.29 is 4.39 Å². The summed E-state index contributed by atoms with van der Waals surface area (Å²) >= 11 is 6.04. The van der Waals surface area contributed by atoms with Crippen LogP contribution in [0.3, 0.4) is 0 Å². The van der Waals surface area contributed by atoms with Crippen molar-refractivity contribution in [1.29, 1.82) is 0 Å². The summed E-state index contributed by atoms with van der Waals surface area (Å²) in [5, 5.41) is 0.365. The minimum absolute atomic E-state index is 0.174. The molecule has 3 N–H and O–H groups in total. The summed E-state index contributed by atoms with van der Waals surface area (Å²) in [6.45, 7) is 4.73. The molecule has 19 heavy (non-hydrogen) atoms. The third-order valence-electron chi connectivity index (χ3n) is 3.23. The standard InChI is InChI=1S/C14H17ClFN3/c1-8(2)11(6-17)14-18-7-13(19-14)10-4-3-9(16)5-12(10)15/h3-5,7-8,11H,6,17H2,1-2H3,(H,18,19). The number of imidazole rings is 1. The molecular formula is C14H17ClFN3. The van der Waals surface area contributed by atoms with Crippen molar-refractivity contribution in [3.8, 4) is 11.3 Å². The zero-order chi connectivity index (χ0) is 14.0. The first kappa shape index (κ1) is 14.0. The highest BCUT2D eigenvalue weighted by Gasteiger charge is 2.18. The van der Waals surface area contributed by atoms with Gasteiger partial charge >= 0.3 is 0 Å². The van der Waals surface area contributed by atoms with Crippen molar-refractivity contribution in [2.24, 2.45) is 11.7 Å². The van der Waals surface area contributed by atoms with Crippen LogP contribution in [0.1, 0.15) is 25.6 Å². The number of nitrogens with two attached hydrogens (primary N) is 1. The third kappa shape index (κ3) is 2.96. The van der Waals surface area contributed by atoms with E-state index in [1.54, 1.807) is 12.3 Å². The second kappa shape index (κ2) is 5.72. The molecule has 0 saturated carbocycles. The number of nitrogens with one attached hydrogen (secondary N) is 1. The molecule has 0 fully saturated rings. The van der Waals surface area contributed by atoms with Crippen molar-refractivity contribution in [1.82, 2.24) is 9.97 Å². The Kier molecular flexibility index (Phi) is 4.22. The zero-order valence-electron chi connectivity index (χ0n) is 11.0. The van der Waals surface area contributed by atoms with E-state index in [0.29, 0.717) is 17.5 Å². The summed E-state index contributed by atoms with van der Waals surface area (Å²) in [5.41, 5.74) is 7.28. The van der Waals surface area contributed by atoms with Crippen LogP contribution < -0.4 is 5.73 Å². The van der Waals surface area contributed by atoms with Crippen LogP contribution in [0.2, 0.25) is 5.02 Å². The van der Waals surface area contributed by atoms with Crippen LogP contribution in [0.4, 0.5) is 4.39 Å². The zero-order valence-corrected chi connectivity index (χ0v) is 11.7. The van der Waals surface area contributed by atoms with Crippen molar-refractivity contribution in [3.05, 3.63) is 41.1 Å². The fourth-order valence-corrected chi connectivity index (χ4v) is 2.34. The van der Waals surface area contributed by atoms with Crippen LogP contribution in [-0.2, 0) is 0 Å². The molecule has 0 aliphatic rings. The molecule has 1 aromatic carbocycles. The van der Waals surface area contributed by atoms with E-state index < -0.39 is 0 Å². The first-order chi connectivity index (χ1) is 9.02. The quantitative estimate of drug-likeness (QED) is 0.900. The number of rotatable bonds is 4. The number of nitrogens with zero attached hydrogens (tertiary/aromatic N) is 1. The van der Waals surface area contributed by atoms with Gasteiger partial charge in [-0.3, -0.25) is 0 Å². The SMILES string of the molecule is CC(C)C(CN)c1ncc(-c2ccc(F)cc2Cl)[nH]1. The van der Waals surface area contributed by atoms with Crippen LogP contribution in [0.25, 0.3) is 11.3 Å². The molecule has 0 radical (unpaired) electrons. The van der Waals surface area contributed by atoms with Gasteiger partial charge in [0.25, 0.3) is 0 Å². The molecule has 1 unspecified atom stereocenters. The molecular weight excluding hydrogens is 265 g/mol. The molecule has 5 heteroatoms. The van der Waals surface area contributed by atoms with Gasteiger partial charge in [0.2, 0.25) is 0 Å². The number of hydrogen-bond donors (Lipinski definition) is 2. The van der Waals surface area contributed by atoms with Gasteiger partial charge in [-0.05, 0) is 24.1 Å². The van der Waals surface area contributed by atoms with Gasteiger partial charge in [0.1, 0.15) is 11.6 Å². The van der Waals surface area contributed by atoms with Crippen LogP contribution in [0.5, 0.6) is 0 Å². The molecule has 0 amide bonds. The largest absolute Gasteiger partial charge is 0.342 e. The predicted octanol–water partition coefficient (Wildman–Crippen LogP) is 3.57. The first-order valence-corrected chi connectivity index (χ1v) is 6.61. The summed E-state index contributed by atoms with van der Waals surface area (Å²) < 4.78 is 13.0. The lowest BCUT2D eigenvalue weighted by Gasteiger charge is -2.15. The molecule has 1 aromatic heterocycles. The van der Waals surface area contributed by atoms with E-state index in [1.807, 2.05) is 0 Å². The average molecular weight is 282 g/mol. The molecule has 2 aromatic rings. The molecule has 3 nitrogen and oxygen atoms in total. The van der Waals surface area contributed by atoms with Gasteiger partial charge in [-0.2, -0.15) is 0 Å². The lowest BCUT2D eigenvalue weighted by molar-refractivity contribution is 0.487. The topological polar surface area (TPSA) is 54.7 Å². The maximum Gasteiger partial charge on any atom is 0.124 e. The van der Waals surface area contributed by atoms with Gasteiger partial charge in [0, 0.05) is 18.0 Å². The Bertz CT molecular complexity index is 566. The second-order valence-corrected chi connectivity index (χ2v) is 5.30. The van der Waals surface area contributed by atoms with Crippen molar-refractivity contribution in [2.45, 2.75) is 19.8 Å². The van der Waals surface area contributed by atoms with Gasteiger partial charge in [0.15, 0.2) is 0 Å². The molecule has 0 bridgehead atoms. The van der Waals surface area contributed by atoms with E-state index in [2.05, 4.69) is 23.8 Å². The summed E-state index contributed by atoms with van der Waals surface area (Å²) in [6.07, 6.45) is 1.71. The van der Waals surface area contributed by atoms with Crippen LogP contribution in [0, 0.1) is 11.7 Å². The summed E-state index contributed by atoms with van der Waals surface area (Å²) in [4.78, 5) is 7.58. The number of aromatic nitrogens is 2. The minimum Gasteiger partial charge on any atom is -0.342 e. The molecule has 0 saturated heterocycles. The van der Waals surface area contributed by atoms with Crippen LogP contribution in [-0.4, -0.2) is 16.5 Å². The van der Waals surface area contributed by atoms with Gasteiger partial charge in [-0.25, -0.2) is 9.37 Å². The highest BCUT2D eigenvalue weighted by Crippen LogP contribution is 2.29. The minimum atomic E-state index is -0.351. The van der Waals surface area contributed by atoms with Crippen LogP contribution in [0.15, 0.2) is 24.4 Å². The number of halogens is 2. The number of aromatic amines is 1. The predicted molar refractivity (Wildman–Crippen MR) is 75.6 cm³/mol. The first-order valence-electron chi connectivity index (χ1n) is 6.23. The highest BCUT2D eigenvalue weighted by molar-refractivity contribution is 6.33. The Hall–Kier alpha value is -1.39. The number of H-pyrrole nitrogens is 1. The summed E-state index contributed by atoms with van der Waals surface area (Å²) in [5.74, 6) is 1.06. The van der Waals surface area contributed by atoms with Gasteiger partial charge < -0.3 is 10.7 Å².